The van der Waals surface area contributed by atoms with Gasteiger partial charge >= 0.3 is 5.97 Å². The summed E-state index contributed by atoms with van der Waals surface area (Å²) in [5, 5.41) is 9.33. The minimum atomic E-state index is -0.892. The number of aromatic amines is 1. The number of carbonyl (C=O) groups excluding carboxylic acids is 1. The molecule has 0 aliphatic carbocycles. The lowest BCUT2D eigenvalue weighted by atomic mass is 9.85. The van der Waals surface area contributed by atoms with E-state index >= 15 is 0 Å². The van der Waals surface area contributed by atoms with E-state index in [1.165, 1.54) is 11.3 Å². The van der Waals surface area contributed by atoms with Crippen molar-refractivity contribution in [3.63, 3.8) is 0 Å². The fourth-order valence-corrected chi connectivity index (χ4v) is 5.47. The summed E-state index contributed by atoms with van der Waals surface area (Å²) in [6.45, 7) is 1.76. The molecule has 2 N–H and O–H groups in total. The molecule has 1 amide bonds. The van der Waals surface area contributed by atoms with Crippen molar-refractivity contribution >= 4 is 34.2 Å². The zero-order valence-corrected chi connectivity index (χ0v) is 15.9. The van der Waals surface area contributed by atoms with Gasteiger partial charge in [-0.1, -0.05) is 0 Å². The van der Waals surface area contributed by atoms with Crippen LogP contribution in [0.25, 0.3) is 11.0 Å². The third-order valence-electron chi connectivity index (χ3n) is 5.71. The number of hydrogen-bond donors (Lipinski definition) is 2. The second kappa shape index (κ2) is 6.42. The van der Waals surface area contributed by atoms with E-state index in [-0.39, 0.29) is 5.91 Å². The largest absolute Gasteiger partial charge is 0.477 e. The molecule has 0 unspecified atom stereocenters. The Balaban J connectivity index is 1.36. The molecular weight excluding hydrogens is 378 g/mol. The molecule has 2 aliphatic heterocycles. The van der Waals surface area contributed by atoms with E-state index < -0.39 is 11.6 Å². The van der Waals surface area contributed by atoms with E-state index in [9.17, 15) is 14.7 Å². The predicted octanol–water partition coefficient (Wildman–Crippen LogP) is 3.03. The van der Waals surface area contributed by atoms with E-state index in [2.05, 4.69) is 9.97 Å². The summed E-state index contributed by atoms with van der Waals surface area (Å²) >= 11 is 1.32. The number of carboxylic acid groups (broad SMARTS) is 1. The molecule has 7 nitrogen and oxygen atoms in total. The number of ether oxygens (including phenoxy) is 1. The molecule has 0 saturated carbocycles. The standard InChI is InChI=1S/C20H19N3O4S/c24-18(13-1-2-14-15(9-13)22-11-21-14)23-6-4-20(5-7-23)17-12(3-8-27-20)10-16(28-17)19(25)26/h1-2,9-11H,3-8H2,(H,21,22)(H,25,26). The number of amides is 1. The van der Waals surface area contributed by atoms with Gasteiger partial charge in [-0.15, -0.1) is 11.3 Å². The quantitative estimate of drug-likeness (QED) is 0.693. The minimum Gasteiger partial charge on any atom is -0.477 e. The third-order valence-corrected chi connectivity index (χ3v) is 7.06. The maximum atomic E-state index is 13.0. The molecule has 3 aromatic rings. The van der Waals surface area contributed by atoms with Crippen molar-refractivity contribution in [3.05, 3.63) is 51.5 Å². The number of imidazole rings is 1. The lowest BCUT2D eigenvalue weighted by Gasteiger charge is -2.43. The zero-order valence-electron chi connectivity index (χ0n) is 15.1. The van der Waals surface area contributed by atoms with Gasteiger partial charge < -0.3 is 19.7 Å². The number of aromatic carboxylic acids is 1. The normalized spacial score (nSPS) is 18.4. The summed E-state index contributed by atoms with van der Waals surface area (Å²) in [7, 11) is 0. The average Bonchev–Trinajstić information content (AvgIpc) is 3.35. The number of carboxylic acids is 1. The van der Waals surface area contributed by atoms with Gasteiger partial charge in [-0.2, -0.15) is 0 Å². The second-order valence-electron chi connectivity index (χ2n) is 7.29. The molecule has 5 rings (SSSR count). The molecule has 1 fully saturated rings. The monoisotopic (exact) mass is 397 g/mol. The van der Waals surface area contributed by atoms with Crippen LogP contribution in [0.15, 0.2) is 30.6 Å². The van der Waals surface area contributed by atoms with Crippen LogP contribution < -0.4 is 0 Å². The Hall–Kier alpha value is -2.71. The molecule has 8 heteroatoms. The Bertz CT molecular complexity index is 1080. The highest BCUT2D eigenvalue weighted by molar-refractivity contribution is 7.14. The van der Waals surface area contributed by atoms with Crippen LogP contribution in [0, 0.1) is 0 Å². The van der Waals surface area contributed by atoms with Crippen molar-refractivity contribution < 1.29 is 19.4 Å². The summed E-state index contributed by atoms with van der Waals surface area (Å²) in [4.78, 5) is 34.8. The van der Waals surface area contributed by atoms with Crippen LogP contribution in [0.3, 0.4) is 0 Å². The van der Waals surface area contributed by atoms with E-state index in [0.717, 1.165) is 27.9 Å². The van der Waals surface area contributed by atoms with Gasteiger partial charge in [-0.25, -0.2) is 9.78 Å². The number of nitrogens with one attached hydrogen (secondary N) is 1. The van der Waals surface area contributed by atoms with Gasteiger partial charge in [0, 0.05) is 23.5 Å². The molecule has 0 atom stereocenters. The van der Waals surface area contributed by atoms with Crippen LogP contribution in [0.1, 0.15) is 43.3 Å². The Morgan fingerprint density at radius 2 is 2.07 bits per heavy atom. The van der Waals surface area contributed by atoms with Crippen LogP contribution in [-0.2, 0) is 16.8 Å². The van der Waals surface area contributed by atoms with Crippen molar-refractivity contribution in [2.45, 2.75) is 24.9 Å². The van der Waals surface area contributed by atoms with E-state index in [1.54, 1.807) is 12.4 Å². The smallest absolute Gasteiger partial charge is 0.345 e. The van der Waals surface area contributed by atoms with Crippen LogP contribution in [-0.4, -0.2) is 51.5 Å². The Morgan fingerprint density at radius 3 is 2.86 bits per heavy atom. The number of nitrogens with zero attached hydrogens (tertiary/aromatic N) is 2. The predicted molar refractivity (Wildman–Crippen MR) is 104 cm³/mol. The third kappa shape index (κ3) is 2.71. The van der Waals surface area contributed by atoms with Crippen molar-refractivity contribution in [3.8, 4) is 0 Å². The van der Waals surface area contributed by atoms with E-state index in [4.69, 9.17) is 4.74 Å². The first-order chi connectivity index (χ1) is 13.6. The maximum Gasteiger partial charge on any atom is 0.345 e. The van der Waals surface area contributed by atoms with Gasteiger partial charge in [0.1, 0.15) is 10.5 Å². The van der Waals surface area contributed by atoms with Gasteiger partial charge in [-0.3, -0.25) is 4.79 Å². The SMILES string of the molecule is O=C(O)c1cc2c(s1)C1(CCN(C(=O)c3ccc4nc[nH]c4c3)CC1)OCC2. The maximum absolute atomic E-state index is 13.0. The van der Waals surface area contributed by atoms with Crippen LogP contribution >= 0.6 is 11.3 Å². The molecule has 0 bridgehead atoms. The molecule has 1 spiro atoms. The second-order valence-corrected chi connectivity index (χ2v) is 8.34. The molecule has 4 heterocycles. The van der Waals surface area contributed by atoms with Crippen molar-refractivity contribution in [1.29, 1.82) is 0 Å². The number of thiophene rings is 1. The Kier molecular flexibility index (Phi) is 3.99. The first-order valence-electron chi connectivity index (χ1n) is 9.29. The summed E-state index contributed by atoms with van der Waals surface area (Å²) in [6.07, 6.45) is 3.72. The lowest BCUT2D eigenvalue weighted by molar-refractivity contribution is -0.0906. The highest BCUT2D eigenvalue weighted by Gasteiger charge is 2.43. The molecule has 0 radical (unpaired) electrons. The first kappa shape index (κ1) is 17.4. The summed E-state index contributed by atoms with van der Waals surface area (Å²) < 4.78 is 6.17. The molecule has 1 aromatic carbocycles. The number of H-pyrrole nitrogens is 1. The van der Waals surface area contributed by atoms with Crippen molar-refractivity contribution in [1.82, 2.24) is 14.9 Å². The molecule has 144 valence electrons. The summed E-state index contributed by atoms with van der Waals surface area (Å²) in [5.41, 5.74) is 2.94. The van der Waals surface area contributed by atoms with E-state index in [1.807, 2.05) is 23.1 Å². The Morgan fingerprint density at radius 1 is 1.25 bits per heavy atom. The van der Waals surface area contributed by atoms with Crippen LogP contribution in [0.4, 0.5) is 0 Å². The minimum absolute atomic E-state index is 0.000197. The summed E-state index contributed by atoms with van der Waals surface area (Å²) in [5.74, 6) is -0.892. The van der Waals surface area contributed by atoms with Crippen LogP contribution in [0.5, 0.6) is 0 Å². The highest BCUT2D eigenvalue weighted by Crippen LogP contribution is 2.45. The first-order valence-corrected chi connectivity index (χ1v) is 10.1. The molecular formula is C20H19N3O4S. The number of likely N-dealkylation sites (tertiary alicyclic amines) is 1. The highest BCUT2D eigenvalue weighted by atomic mass is 32.1. The van der Waals surface area contributed by atoms with Crippen LogP contribution in [0.2, 0.25) is 0 Å². The number of rotatable bonds is 2. The topological polar surface area (TPSA) is 95.5 Å². The molecule has 28 heavy (non-hydrogen) atoms. The average molecular weight is 397 g/mol. The van der Waals surface area contributed by atoms with Gasteiger partial charge in [0.05, 0.1) is 24.0 Å². The number of fused-ring (bicyclic) bond motifs is 3. The molecule has 1 saturated heterocycles. The van der Waals surface area contributed by atoms with Crippen molar-refractivity contribution in [2.75, 3.05) is 19.7 Å². The number of benzene rings is 1. The number of carbonyl (C=O) groups is 2. The fraction of sp³-hybridized carbons (Fsp3) is 0.350. The summed E-state index contributed by atoms with van der Waals surface area (Å²) in [6, 6.07) is 7.27. The van der Waals surface area contributed by atoms with Gasteiger partial charge in [0.15, 0.2) is 0 Å². The number of aromatic nitrogens is 2. The fourth-order valence-electron chi connectivity index (χ4n) is 4.22. The van der Waals surface area contributed by atoms with Gasteiger partial charge in [0.2, 0.25) is 0 Å². The Labute approximate surface area is 165 Å². The number of hydrogen-bond acceptors (Lipinski definition) is 5. The van der Waals surface area contributed by atoms with Gasteiger partial charge in [-0.05, 0) is 49.1 Å². The van der Waals surface area contributed by atoms with E-state index in [0.29, 0.717) is 43.0 Å². The number of piperidine rings is 1. The molecule has 2 aromatic heterocycles. The molecule has 2 aliphatic rings. The lowest BCUT2D eigenvalue weighted by Crippen LogP contribution is -2.47. The zero-order chi connectivity index (χ0) is 19.3. The van der Waals surface area contributed by atoms with Crippen molar-refractivity contribution in [2.24, 2.45) is 0 Å². The van der Waals surface area contributed by atoms with Gasteiger partial charge in [0.25, 0.3) is 5.91 Å².